The van der Waals surface area contributed by atoms with E-state index in [9.17, 15) is 9.59 Å². The summed E-state index contributed by atoms with van der Waals surface area (Å²) in [6, 6.07) is 25.9. The number of ketones is 1. The van der Waals surface area contributed by atoms with Gasteiger partial charge in [0.15, 0.2) is 5.78 Å². The highest BCUT2D eigenvalue weighted by atomic mass is 16.1. The Balaban J connectivity index is 1.31. The highest BCUT2D eigenvalue weighted by molar-refractivity contribution is 6.04. The standard InChI is InChI=1S/C30H27N3O2/c1-19(2)20-8-10-23(11-9-20)25-16-27-26(28(34)17-25)18-31-30(32-27)33-29(35)24-14-12-22(13-15-24)21-6-4-3-5-7-21/h3-15,18-19,25H,16-17H2,1-2H3,(H,31,32,33,35)/t25-/m0/s1. The Morgan fingerprint density at radius 3 is 2.26 bits per heavy atom. The third-order valence-corrected chi connectivity index (χ3v) is 6.59. The number of benzene rings is 3. The van der Waals surface area contributed by atoms with Crippen LogP contribution in [0.4, 0.5) is 5.95 Å². The molecular weight excluding hydrogens is 434 g/mol. The maximum Gasteiger partial charge on any atom is 0.258 e. The summed E-state index contributed by atoms with van der Waals surface area (Å²) < 4.78 is 0. The van der Waals surface area contributed by atoms with Crippen molar-refractivity contribution in [2.45, 2.75) is 38.5 Å². The van der Waals surface area contributed by atoms with Gasteiger partial charge >= 0.3 is 0 Å². The van der Waals surface area contributed by atoms with Crippen molar-refractivity contribution >= 4 is 17.6 Å². The van der Waals surface area contributed by atoms with Crippen LogP contribution >= 0.6 is 0 Å². The van der Waals surface area contributed by atoms with Crippen LogP contribution in [0.25, 0.3) is 11.1 Å². The molecule has 0 fully saturated rings. The van der Waals surface area contributed by atoms with Gasteiger partial charge in [-0.2, -0.15) is 0 Å². The molecular formula is C30H27N3O2. The van der Waals surface area contributed by atoms with Crippen LogP contribution in [-0.2, 0) is 6.42 Å². The van der Waals surface area contributed by atoms with E-state index in [1.54, 1.807) is 12.1 Å². The van der Waals surface area contributed by atoms with Crippen LogP contribution in [0.1, 0.15) is 69.6 Å². The normalized spacial score (nSPS) is 15.1. The topological polar surface area (TPSA) is 72.0 Å². The molecule has 0 saturated heterocycles. The highest BCUT2D eigenvalue weighted by Crippen LogP contribution is 2.32. The fourth-order valence-electron chi connectivity index (χ4n) is 4.51. The molecule has 5 rings (SSSR count). The van der Waals surface area contributed by atoms with E-state index < -0.39 is 0 Å². The molecule has 5 nitrogen and oxygen atoms in total. The fourth-order valence-corrected chi connectivity index (χ4v) is 4.51. The summed E-state index contributed by atoms with van der Waals surface area (Å²) in [7, 11) is 0. The van der Waals surface area contributed by atoms with Crippen molar-refractivity contribution in [2.75, 3.05) is 5.32 Å². The van der Waals surface area contributed by atoms with Gasteiger partial charge in [0.2, 0.25) is 5.95 Å². The maximum atomic E-state index is 12.8. The maximum absolute atomic E-state index is 12.8. The van der Waals surface area contributed by atoms with Crippen LogP contribution in [0, 0.1) is 0 Å². The minimum absolute atomic E-state index is 0.0403. The Morgan fingerprint density at radius 1 is 0.886 bits per heavy atom. The number of aromatic nitrogens is 2. The molecule has 1 heterocycles. The number of hydrogen-bond acceptors (Lipinski definition) is 4. The third-order valence-electron chi connectivity index (χ3n) is 6.59. The monoisotopic (exact) mass is 461 g/mol. The van der Waals surface area contributed by atoms with Gasteiger partial charge in [-0.25, -0.2) is 9.97 Å². The molecule has 1 aromatic heterocycles. The molecule has 0 unspecified atom stereocenters. The second kappa shape index (κ2) is 9.63. The van der Waals surface area contributed by atoms with E-state index in [1.807, 2.05) is 42.5 Å². The second-order valence-corrected chi connectivity index (χ2v) is 9.30. The first-order chi connectivity index (χ1) is 17.0. The van der Waals surface area contributed by atoms with E-state index in [0.29, 0.717) is 35.6 Å². The Morgan fingerprint density at radius 2 is 1.57 bits per heavy atom. The Hall–Kier alpha value is -4.12. The van der Waals surface area contributed by atoms with Gasteiger partial charge in [0.05, 0.1) is 11.3 Å². The SMILES string of the molecule is CC(C)c1ccc([C@@H]2CC(=O)c3cnc(NC(=O)c4ccc(-c5ccccc5)cc4)nc3C2)cc1. The number of nitrogens with one attached hydrogen (secondary N) is 1. The quantitative estimate of drug-likeness (QED) is 0.372. The van der Waals surface area contributed by atoms with Crippen LogP contribution < -0.4 is 5.32 Å². The summed E-state index contributed by atoms with van der Waals surface area (Å²) >= 11 is 0. The first kappa shape index (κ1) is 22.7. The number of carbonyl (C=O) groups is 2. The van der Waals surface area contributed by atoms with E-state index in [2.05, 4.69) is 53.4 Å². The number of nitrogens with zero attached hydrogens (tertiary/aromatic N) is 2. The fraction of sp³-hybridized carbons (Fsp3) is 0.200. The van der Waals surface area contributed by atoms with Crippen molar-refractivity contribution in [1.82, 2.24) is 9.97 Å². The molecule has 0 bridgehead atoms. The van der Waals surface area contributed by atoms with Crippen molar-refractivity contribution in [3.63, 3.8) is 0 Å². The molecule has 5 heteroatoms. The minimum Gasteiger partial charge on any atom is -0.294 e. The molecule has 0 aliphatic heterocycles. The molecule has 0 spiro atoms. The smallest absolute Gasteiger partial charge is 0.258 e. The summed E-state index contributed by atoms with van der Waals surface area (Å²) in [5.41, 5.74) is 6.30. The van der Waals surface area contributed by atoms with Gasteiger partial charge in [0.1, 0.15) is 0 Å². The Labute approximate surface area is 205 Å². The lowest BCUT2D eigenvalue weighted by atomic mass is 9.81. The summed E-state index contributed by atoms with van der Waals surface area (Å²) in [6.07, 6.45) is 2.62. The molecule has 0 radical (unpaired) electrons. The van der Waals surface area contributed by atoms with Gasteiger partial charge < -0.3 is 0 Å². The third kappa shape index (κ3) is 4.90. The number of anilines is 1. The van der Waals surface area contributed by atoms with Crippen LogP contribution in [0.3, 0.4) is 0 Å². The lowest BCUT2D eigenvalue weighted by Crippen LogP contribution is -2.22. The van der Waals surface area contributed by atoms with Crippen molar-refractivity contribution in [1.29, 1.82) is 0 Å². The molecule has 3 aromatic carbocycles. The molecule has 1 amide bonds. The molecule has 35 heavy (non-hydrogen) atoms. The summed E-state index contributed by atoms with van der Waals surface area (Å²) in [5, 5.41) is 2.78. The number of Topliss-reactive ketones (excluding diaryl/α,β-unsaturated/α-hetero) is 1. The summed E-state index contributed by atoms with van der Waals surface area (Å²) in [4.78, 5) is 34.4. The van der Waals surface area contributed by atoms with Crippen LogP contribution in [0.15, 0.2) is 85.1 Å². The van der Waals surface area contributed by atoms with E-state index in [1.165, 1.54) is 11.8 Å². The molecule has 1 N–H and O–H groups in total. The zero-order valence-electron chi connectivity index (χ0n) is 19.9. The number of rotatable bonds is 5. The van der Waals surface area contributed by atoms with E-state index >= 15 is 0 Å². The number of amides is 1. The van der Waals surface area contributed by atoms with Gasteiger partial charge in [-0.1, -0.05) is 80.6 Å². The average molecular weight is 462 g/mol. The average Bonchev–Trinajstić information content (AvgIpc) is 2.89. The Kier molecular flexibility index (Phi) is 6.23. The van der Waals surface area contributed by atoms with E-state index in [0.717, 1.165) is 16.7 Å². The predicted molar refractivity (Wildman–Crippen MR) is 138 cm³/mol. The lowest BCUT2D eigenvalue weighted by Gasteiger charge is -2.23. The number of carbonyl (C=O) groups excluding carboxylic acids is 2. The van der Waals surface area contributed by atoms with Gasteiger partial charge in [-0.15, -0.1) is 0 Å². The summed E-state index contributed by atoms with van der Waals surface area (Å²) in [6.45, 7) is 4.33. The lowest BCUT2D eigenvalue weighted by molar-refractivity contribution is 0.0962. The number of hydrogen-bond donors (Lipinski definition) is 1. The zero-order valence-corrected chi connectivity index (χ0v) is 19.9. The van der Waals surface area contributed by atoms with Crippen LogP contribution in [0.2, 0.25) is 0 Å². The van der Waals surface area contributed by atoms with Gasteiger partial charge in [0.25, 0.3) is 5.91 Å². The predicted octanol–water partition coefficient (Wildman–Crippen LogP) is 6.43. The molecule has 0 saturated carbocycles. The van der Waals surface area contributed by atoms with E-state index in [4.69, 9.17) is 0 Å². The van der Waals surface area contributed by atoms with Gasteiger partial charge in [-0.05, 0) is 52.6 Å². The second-order valence-electron chi connectivity index (χ2n) is 9.30. The molecule has 4 aromatic rings. The van der Waals surface area contributed by atoms with Gasteiger partial charge in [0, 0.05) is 18.2 Å². The van der Waals surface area contributed by atoms with Crippen molar-refractivity contribution in [3.8, 4) is 11.1 Å². The van der Waals surface area contributed by atoms with Crippen molar-refractivity contribution in [3.05, 3.63) is 113 Å². The number of fused-ring (bicyclic) bond motifs is 1. The zero-order chi connectivity index (χ0) is 24.4. The highest BCUT2D eigenvalue weighted by Gasteiger charge is 2.28. The van der Waals surface area contributed by atoms with E-state index in [-0.39, 0.29) is 23.6 Å². The van der Waals surface area contributed by atoms with Crippen LogP contribution in [-0.4, -0.2) is 21.7 Å². The largest absolute Gasteiger partial charge is 0.294 e. The first-order valence-electron chi connectivity index (χ1n) is 11.9. The van der Waals surface area contributed by atoms with Crippen molar-refractivity contribution in [2.24, 2.45) is 0 Å². The minimum atomic E-state index is -0.285. The molecule has 174 valence electrons. The van der Waals surface area contributed by atoms with Gasteiger partial charge in [-0.3, -0.25) is 14.9 Å². The molecule has 1 atom stereocenters. The molecule has 1 aliphatic carbocycles. The van der Waals surface area contributed by atoms with Crippen LogP contribution in [0.5, 0.6) is 0 Å². The van der Waals surface area contributed by atoms with Crippen molar-refractivity contribution < 1.29 is 9.59 Å². The Bertz CT molecular complexity index is 1360. The first-order valence-corrected chi connectivity index (χ1v) is 11.9. The molecule has 1 aliphatic rings. The summed E-state index contributed by atoms with van der Waals surface area (Å²) in [5.74, 6) is 0.502.